The van der Waals surface area contributed by atoms with Crippen LogP contribution in [0.25, 0.3) is 0 Å². The second kappa shape index (κ2) is 22.7. The Morgan fingerprint density at radius 2 is 1.17 bits per heavy atom. The molecule has 4 unspecified atom stereocenters. The summed E-state index contributed by atoms with van der Waals surface area (Å²) in [5.74, 6) is -0.353. The number of carbonyl (C=O) groups is 1. The minimum Gasteiger partial charge on any atom is -0.462 e. The highest BCUT2D eigenvalue weighted by Crippen LogP contribution is 2.30. The van der Waals surface area contributed by atoms with Crippen molar-refractivity contribution < 1.29 is 34.7 Å². The lowest BCUT2D eigenvalue weighted by Crippen LogP contribution is -2.31. The molecule has 4 N–H and O–H groups in total. The Bertz CT molecular complexity index is 672. The first kappa shape index (κ1) is 37.5. The van der Waals surface area contributed by atoms with Crippen LogP contribution in [-0.4, -0.2) is 69.1 Å². The number of hydrogen-bond donors (Lipinski definition) is 4. The van der Waals surface area contributed by atoms with E-state index in [9.17, 15) is 25.2 Å². The van der Waals surface area contributed by atoms with Crippen molar-refractivity contribution in [3.05, 3.63) is 0 Å². The zero-order valence-corrected chi connectivity index (χ0v) is 27.1. The molecule has 0 bridgehead atoms. The molecule has 2 saturated heterocycles. The zero-order chi connectivity index (χ0) is 30.6. The van der Waals surface area contributed by atoms with Crippen LogP contribution >= 0.6 is 0 Å². The predicted octanol–water partition coefficient (Wildman–Crippen LogP) is 7.14. The molecule has 7 heteroatoms. The van der Waals surface area contributed by atoms with Crippen molar-refractivity contribution in [2.75, 3.05) is 0 Å². The Labute approximate surface area is 257 Å². The Kier molecular flexibility index (Phi) is 20.3. The van der Waals surface area contributed by atoms with Crippen molar-refractivity contribution in [2.45, 2.75) is 211 Å². The van der Waals surface area contributed by atoms with Gasteiger partial charge >= 0.3 is 5.97 Å². The highest BCUT2D eigenvalue weighted by Gasteiger charge is 2.35. The van der Waals surface area contributed by atoms with Crippen LogP contribution in [0.15, 0.2) is 0 Å². The molecule has 8 atom stereocenters. The van der Waals surface area contributed by atoms with E-state index in [1.165, 1.54) is 57.8 Å². The maximum atomic E-state index is 11.9. The molecule has 248 valence electrons. The van der Waals surface area contributed by atoms with Crippen LogP contribution in [0.1, 0.15) is 168 Å². The van der Waals surface area contributed by atoms with E-state index in [4.69, 9.17) is 9.47 Å². The van der Waals surface area contributed by atoms with Gasteiger partial charge in [0.15, 0.2) is 0 Å². The van der Waals surface area contributed by atoms with Gasteiger partial charge in [-0.25, -0.2) is 0 Å². The molecule has 42 heavy (non-hydrogen) atoms. The first-order valence-corrected chi connectivity index (χ1v) is 17.9. The summed E-state index contributed by atoms with van der Waals surface area (Å²) in [6.45, 7) is 3.96. The monoisotopic (exact) mass is 598 g/mol. The van der Waals surface area contributed by atoms with Crippen LogP contribution in [0.3, 0.4) is 0 Å². The van der Waals surface area contributed by atoms with E-state index < -0.39 is 18.3 Å². The predicted molar refractivity (Wildman–Crippen MR) is 168 cm³/mol. The molecule has 2 aliphatic heterocycles. The van der Waals surface area contributed by atoms with Crippen LogP contribution in [0.5, 0.6) is 0 Å². The fourth-order valence-corrected chi connectivity index (χ4v) is 6.78. The number of hydrogen-bond acceptors (Lipinski definition) is 7. The van der Waals surface area contributed by atoms with Crippen molar-refractivity contribution in [3.8, 4) is 0 Å². The number of ether oxygens (including phenoxy) is 2. The average molecular weight is 599 g/mol. The molecule has 0 saturated carbocycles. The largest absolute Gasteiger partial charge is 0.462 e. The van der Waals surface area contributed by atoms with Crippen LogP contribution < -0.4 is 0 Å². The van der Waals surface area contributed by atoms with Gasteiger partial charge in [0, 0.05) is 0 Å². The number of unbranched alkanes of at least 4 members (excludes halogenated alkanes) is 12. The highest BCUT2D eigenvalue weighted by atomic mass is 16.6. The van der Waals surface area contributed by atoms with E-state index in [0.29, 0.717) is 19.3 Å². The van der Waals surface area contributed by atoms with Gasteiger partial charge in [-0.3, -0.25) is 4.79 Å². The van der Waals surface area contributed by atoms with Crippen molar-refractivity contribution >= 4 is 5.97 Å². The molecule has 2 fully saturated rings. The fourth-order valence-electron chi connectivity index (χ4n) is 6.78. The lowest BCUT2D eigenvalue weighted by molar-refractivity contribution is -0.145. The second-order valence-electron chi connectivity index (χ2n) is 13.5. The minimum atomic E-state index is -0.481. The van der Waals surface area contributed by atoms with Crippen molar-refractivity contribution in [3.63, 3.8) is 0 Å². The maximum Gasteiger partial charge on any atom is 0.309 e. The number of cyclic esters (lactones) is 1. The van der Waals surface area contributed by atoms with Crippen LogP contribution in [0, 0.1) is 5.92 Å². The Balaban J connectivity index is 1.41. The summed E-state index contributed by atoms with van der Waals surface area (Å²) in [5, 5.41) is 41.1. The molecule has 0 aromatic heterocycles. The average Bonchev–Trinajstić information content (AvgIpc) is 3.58. The number of aliphatic hydroxyl groups excluding tert-OH is 4. The van der Waals surface area contributed by atoms with Crippen LogP contribution in [0.4, 0.5) is 0 Å². The molecule has 0 radical (unpaired) electrons. The zero-order valence-electron chi connectivity index (χ0n) is 27.1. The molecule has 2 rings (SSSR count). The summed E-state index contributed by atoms with van der Waals surface area (Å²) < 4.78 is 11.5. The Hall–Kier alpha value is -0.730. The van der Waals surface area contributed by atoms with E-state index in [-0.39, 0.29) is 36.3 Å². The lowest BCUT2D eigenvalue weighted by atomic mass is 9.96. The summed E-state index contributed by atoms with van der Waals surface area (Å²) in [6, 6.07) is 0. The van der Waals surface area contributed by atoms with Crippen molar-refractivity contribution in [1.29, 1.82) is 0 Å². The van der Waals surface area contributed by atoms with Gasteiger partial charge in [-0.15, -0.1) is 0 Å². The third kappa shape index (κ3) is 16.4. The molecule has 0 aromatic carbocycles. The molecular weight excluding hydrogens is 532 g/mol. The van der Waals surface area contributed by atoms with Crippen LogP contribution in [-0.2, 0) is 14.3 Å². The summed E-state index contributed by atoms with van der Waals surface area (Å²) >= 11 is 0. The van der Waals surface area contributed by atoms with Gasteiger partial charge in [0.25, 0.3) is 0 Å². The van der Waals surface area contributed by atoms with Gasteiger partial charge in [-0.2, -0.15) is 0 Å². The second-order valence-corrected chi connectivity index (χ2v) is 13.5. The van der Waals surface area contributed by atoms with E-state index in [0.717, 1.165) is 77.0 Å². The van der Waals surface area contributed by atoms with E-state index in [1.807, 2.05) is 0 Å². The molecular formula is C35H66O7. The quantitative estimate of drug-likeness (QED) is 0.0618. The molecule has 2 heterocycles. The van der Waals surface area contributed by atoms with Crippen molar-refractivity contribution in [2.24, 2.45) is 5.92 Å². The van der Waals surface area contributed by atoms with Crippen molar-refractivity contribution in [1.82, 2.24) is 0 Å². The first-order valence-electron chi connectivity index (χ1n) is 17.9. The number of esters is 1. The number of aliphatic hydroxyl groups is 4. The van der Waals surface area contributed by atoms with Gasteiger partial charge in [0.05, 0.1) is 42.5 Å². The molecule has 0 aliphatic carbocycles. The smallest absolute Gasteiger partial charge is 0.309 e. The molecule has 0 spiro atoms. The van der Waals surface area contributed by atoms with Gasteiger partial charge in [0.2, 0.25) is 0 Å². The topological polar surface area (TPSA) is 116 Å². The van der Waals surface area contributed by atoms with Gasteiger partial charge in [0.1, 0.15) is 6.10 Å². The fraction of sp³-hybridized carbons (Fsp3) is 0.971. The Morgan fingerprint density at radius 3 is 1.71 bits per heavy atom. The lowest BCUT2D eigenvalue weighted by Gasteiger charge is -2.22. The molecule has 0 amide bonds. The molecule has 2 aliphatic rings. The SMILES string of the molecule is CCCCCCCCCCCC[C@H](O)[C@@H]1CC[C@@H]([C@@H](O)CCCCCC(O)CCCCC2CC(CC(C)O)C(=O)O2)O1. The minimum absolute atomic E-state index is 0.0447. The highest BCUT2D eigenvalue weighted by molar-refractivity contribution is 5.74. The number of carbonyl (C=O) groups excluding carboxylic acids is 1. The first-order chi connectivity index (χ1) is 20.3. The third-order valence-corrected chi connectivity index (χ3v) is 9.44. The van der Waals surface area contributed by atoms with Gasteiger partial charge < -0.3 is 29.9 Å². The number of rotatable bonds is 26. The van der Waals surface area contributed by atoms with Crippen LogP contribution in [0.2, 0.25) is 0 Å². The van der Waals surface area contributed by atoms with E-state index in [1.54, 1.807) is 6.92 Å². The summed E-state index contributed by atoms with van der Waals surface area (Å²) in [4.78, 5) is 11.9. The summed E-state index contributed by atoms with van der Waals surface area (Å²) in [6.07, 6.45) is 22.3. The van der Waals surface area contributed by atoms with Gasteiger partial charge in [-0.1, -0.05) is 96.8 Å². The summed E-state index contributed by atoms with van der Waals surface area (Å²) in [5.41, 5.74) is 0. The molecule has 0 aromatic rings. The maximum absolute atomic E-state index is 11.9. The third-order valence-electron chi connectivity index (χ3n) is 9.44. The Morgan fingerprint density at radius 1 is 0.690 bits per heavy atom. The molecule has 7 nitrogen and oxygen atoms in total. The van der Waals surface area contributed by atoms with Gasteiger partial charge in [-0.05, 0) is 71.1 Å². The summed E-state index contributed by atoms with van der Waals surface area (Å²) in [7, 11) is 0. The standard InChI is InChI=1S/C35H66O7/c1-3-4-5-6-7-8-9-10-11-14-21-31(38)33-23-24-34(42-33)32(39)22-15-12-13-18-29(37)19-16-17-20-30-26-28(25-27(2)36)35(40)41-30/h27-34,36-39H,3-26H2,1-2H3/t27?,28?,29?,30?,31-,32-,33-,34-/m0/s1. The normalized spacial score (nSPS) is 25.4. The van der Waals surface area contributed by atoms with E-state index in [2.05, 4.69) is 6.92 Å². The van der Waals surface area contributed by atoms with E-state index >= 15 is 0 Å².